The zero-order valence-corrected chi connectivity index (χ0v) is 10.8. The molecule has 16 heavy (non-hydrogen) atoms. The summed E-state index contributed by atoms with van der Waals surface area (Å²) in [4.78, 5) is 16.4. The minimum atomic E-state index is 0.0147. The molecule has 2 unspecified atom stereocenters. The van der Waals surface area contributed by atoms with E-state index in [4.69, 9.17) is 5.73 Å². The van der Waals surface area contributed by atoms with Crippen LogP contribution in [-0.2, 0) is 4.79 Å². The van der Waals surface area contributed by atoms with Crippen LogP contribution in [0.15, 0.2) is 0 Å². The number of carbonyl (C=O) groups is 1. The lowest BCUT2D eigenvalue weighted by Crippen LogP contribution is -2.50. The number of carbonyl (C=O) groups excluding carboxylic acids is 1. The third-order valence-electron chi connectivity index (χ3n) is 3.57. The van der Waals surface area contributed by atoms with E-state index in [1.165, 1.54) is 6.42 Å². The Bertz CT molecular complexity index is 226. The fourth-order valence-corrected chi connectivity index (χ4v) is 2.28. The van der Waals surface area contributed by atoms with Crippen LogP contribution in [0.2, 0.25) is 0 Å². The number of hydrogen-bond donors (Lipinski definition) is 1. The van der Waals surface area contributed by atoms with E-state index < -0.39 is 0 Å². The van der Waals surface area contributed by atoms with Gasteiger partial charge in [-0.1, -0.05) is 6.92 Å². The summed E-state index contributed by atoms with van der Waals surface area (Å²) in [5.41, 5.74) is 5.63. The first-order valence-corrected chi connectivity index (χ1v) is 6.25. The lowest BCUT2D eigenvalue weighted by molar-refractivity contribution is -0.137. The number of nitrogens with zero attached hydrogens (tertiary/aromatic N) is 2. The smallest absolute Gasteiger partial charge is 0.226 e. The van der Waals surface area contributed by atoms with Gasteiger partial charge < -0.3 is 15.5 Å². The minimum Gasteiger partial charge on any atom is -0.341 e. The molecule has 0 aliphatic carbocycles. The Kier molecular flexibility index (Phi) is 5.22. The fourth-order valence-electron chi connectivity index (χ4n) is 2.28. The van der Waals surface area contributed by atoms with Gasteiger partial charge in [0.2, 0.25) is 5.91 Å². The third kappa shape index (κ3) is 3.19. The second kappa shape index (κ2) is 6.21. The molecular formula is C12H25N3O. The van der Waals surface area contributed by atoms with E-state index in [1.807, 2.05) is 11.8 Å². The molecule has 4 nitrogen and oxygen atoms in total. The predicted octanol–water partition coefficient (Wildman–Crippen LogP) is 0.524. The molecule has 1 aliphatic heterocycles. The summed E-state index contributed by atoms with van der Waals surface area (Å²) in [6.45, 7) is 4.27. The second-order valence-corrected chi connectivity index (χ2v) is 4.88. The van der Waals surface area contributed by atoms with Crippen LogP contribution in [0.4, 0.5) is 0 Å². The molecule has 0 radical (unpaired) electrons. The van der Waals surface area contributed by atoms with Crippen molar-refractivity contribution in [3.63, 3.8) is 0 Å². The van der Waals surface area contributed by atoms with Crippen molar-refractivity contribution in [2.45, 2.75) is 32.2 Å². The van der Waals surface area contributed by atoms with E-state index in [0.29, 0.717) is 12.6 Å². The molecule has 2 atom stereocenters. The molecule has 1 saturated heterocycles. The van der Waals surface area contributed by atoms with E-state index in [-0.39, 0.29) is 11.8 Å². The van der Waals surface area contributed by atoms with Gasteiger partial charge in [-0.2, -0.15) is 0 Å². The van der Waals surface area contributed by atoms with Crippen molar-refractivity contribution in [1.29, 1.82) is 0 Å². The number of likely N-dealkylation sites (tertiary alicyclic amines) is 1. The number of piperidine rings is 1. The van der Waals surface area contributed by atoms with Crippen LogP contribution in [0.25, 0.3) is 0 Å². The van der Waals surface area contributed by atoms with Crippen LogP contribution in [0, 0.1) is 5.92 Å². The first-order chi connectivity index (χ1) is 7.60. The van der Waals surface area contributed by atoms with Crippen molar-refractivity contribution < 1.29 is 4.79 Å². The summed E-state index contributed by atoms with van der Waals surface area (Å²) in [7, 11) is 4.16. The van der Waals surface area contributed by atoms with Gasteiger partial charge in [-0.25, -0.2) is 0 Å². The largest absolute Gasteiger partial charge is 0.341 e. The van der Waals surface area contributed by atoms with E-state index in [9.17, 15) is 4.79 Å². The molecule has 0 aromatic rings. The Labute approximate surface area is 98.8 Å². The lowest BCUT2D eigenvalue weighted by Gasteiger charge is -2.37. The Balaban J connectivity index is 2.56. The quantitative estimate of drug-likeness (QED) is 0.762. The summed E-state index contributed by atoms with van der Waals surface area (Å²) in [5.74, 6) is 0.262. The number of nitrogens with two attached hydrogens (primary N) is 1. The average Bonchev–Trinajstić information content (AvgIpc) is 2.30. The second-order valence-electron chi connectivity index (χ2n) is 4.88. The molecule has 1 fully saturated rings. The number of likely N-dealkylation sites (N-methyl/N-ethyl adjacent to an activating group) is 1. The standard InChI is InChI=1S/C12H25N3O/c1-4-10(8-13)12(16)15-7-5-6-11(9-15)14(2)3/h10-11H,4-9,13H2,1-3H3. The van der Waals surface area contributed by atoms with E-state index in [2.05, 4.69) is 19.0 Å². The topological polar surface area (TPSA) is 49.6 Å². The van der Waals surface area contributed by atoms with Crippen LogP contribution < -0.4 is 5.73 Å². The molecule has 1 aliphatic rings. The molecule has 0 aromatic carbocycles. The van der Waals surface area contributed by atoms with Gasteiger partial charge in [0, 0.05) is 25.7 Å². The first kappa shape index (κ1) is 13.5. The zero-order chi connectivity index (χ0) is 12.1. The highest BCUT2D eigenvalue weighted by molar-refractivity contribution is 5.79. The molecule has 0 bridgehead atoms. The maximum absolute atomic E-state index is 12.2. The number of rotatable bonds is 4. The molecule has 1 amide bonds. The Morgan fingerprint density at radius 2 is 2.25 bits per heavy atom. The summed E-state index contributed by atoms with van der Waals surface area (Å²) in [6, 6.07) is 0.507. The van der Waals surface area contributed by atoms with Crippen molar-refractivity contribution in [3.05, 3.63) is 0 Å². The van der Waals surface area contributed by atoms with Crippen LogP contribution in [-0.4, -0.2) is 55.5 Å². The first-order valence-electron chi connectivity index (χ1n) is 6.25. The molecule has 4 heteroatoms. The van der Waals surface area contributed by atoms with Crippen molar-refractivity contribution in [3.8, 4) is 0 Å². The van der Waals surface area contributed by atoms with Crippen molar-refractivity contribution in [1.82, 2.24) is 9.80 Å². The van der Waals surface area contributed by atoms with Gasteiger partial charge in [-0.15, -0.1) is 0 Å². The summed E-state index contributed by atoms with van der Waals surface area (Å²) >= 11 is 0. The van der Waals surface area contributed by atoms with Crippen LogP contribution in [0.1, 0.15) is 26.2 Å². The zero-order valence-electron chi connectivity index (χ0n) is 10.8. The molecule has 0 saturated carbocycles. The normalized spacial score (nSPS) is 23.6. The SMILES string of the molecule is CCC(CN)C(=O)N1CCCC(N(C)C)C1. The average molecular weight is 227 g/mol. The highest BCUT2D eigenvalue weighted by Crippen LogP contribution is 2.16. The number of amides is 1. The fraction of sp³-hybridized carbons (Fsp3) is 0.917. The highest BCUT2D eigenvalue weighted by atomic mass is 16.2. The molecular weight excluding hydrogens is 202 g/mol. The van der Waals surface area contributed by atoms with Crippen LogP contribution >= 0.6 is 0 Å². The monoisotopic (exact) mass is 227 g/mol. The number of hydrogen-bond acceptors (Lipinski definition) is 3. The van der Waals surface area contributed by atoms with Crippen molar-refractivity contribution in [2.75, 3.05) is 33.7 Å². The lowest BCUT2D eigenvalue weighted by atomic mass is 10.0. The van der Waals surface area contributed by atoms with Crippen LogP contribution in [0.3, 0.4) is 0 Å². The molecule has 2 N–H and O–H groups in total. The Morgan fingerprint density at radius 1 is 1.56 bits per heavy atom. The van der Waals surface area contributed by atoms with Gasteiger partial charge in [0.15, 0.2) is 0 Å². The maximum Gasteiger partial charge on any atom is 0.226 e. The van der Waals surface area contributed by atoms with Gasteiger partial charge in [-0.05, 0) is 33.4 Å². The molecule has 1 rings (SSSR count). The van der Waals surface area contributed by atoms with Crippen LogP contribution in [0.5, 0.6) is 0 Å². The predicted molar refractivity (Wildman–Crippen MR) is 66.1 cm³/mol. The van der Waals surface area contributed by atoms with Gasteiger partial charge in [-0.3, -0.25) is 4.79 Å². The summed E-state index contributed by atoms with van der Waals surface area (Å²) < 4.78 is 0. The van der Waals surface area contributed by atoms with Gasteiger partial charge in [0.1, 0.15) is 0 Å². The van der Waals surface area contributed by atoms with Crippen molar-refractivity contribution >= 4 is 5.91 Å². The van der Waals surface area contributed by atoms with Gasteiger partial charge in [0.25, 0.3) is 0 Å². The van der Waals surface area contributed by atoms with E-state index in [1.54, 1.807) is 0 Å². The maximum atomic E-state index is 12.2. The Hall–Kier alpha value is -0.610. The third-order valence-corrected chi connectivity index (χ3v) is 3.57. The molecule has 0 aromatic heterocycles. The summed E-state index contributed by atoms with van der Waals surface area (Å²) in [6.07, 6.45) is 3.14. The van der Waals surface area contributed by atoms with E-state index >= 15 is 0 Å². The summed E-state index contributed by atoms with van der Waals surface area (Å²) in [5, 5.41) is 0. The molecule has 94 valence electrons. The Morgan fingerprint density at radius 3 is 2.75 bits per heavy atom. The molecule has 1 heterocycles. The highest BCUT2D eigenvalue weighted by Gasteiger charge is 2.27. The van der Waals surface area contributed by atoms with Gasteiger partial charge >= 0.3 is 0 Å². The minimum absolute atomic E-state index is 0.0147. The van der Waals surface area contributed by atoms with Gasteiger partial charge in [0.05, 0.1) is 5.92 Å². The molecule has 0 spiro atoms. The van der Waals surface area contributed by atoms with E-state index in [0.717, 1.165) is 25.9 Å². The van der Waals surface area contributed by atoms with Crippen molar-refractivity contribution in [2.24, 2.45) is 11.7 Å².